The van der Waals surface area contributed by atoms with Gasteiger partial charge in [-0.3, -0.25) is 14.1 Å². The summed E-state index contributed by atoms with van der Waals surface area (Å²) in [5.74, 6) is -1.10. The van der Waals surface area contributed by atoms with Gasteiger partial charge in [0.1, 0.15) is 0 Å². The highest BCUT2D eigenvalue weighted by molar-refractivity contribution is 7.85. The summed E-state index contributed by atoms with van der Waals surface area (Å²) in [5.41, 5.74) is 6.38. The van der Waals surface area contributed by atoms with Crippen molar-refractivity contribution in [3.8, 4) is 0 Å². The van der Waals surface area contributed by atoms with E-state index in [0.717, 1.165) is 23.5 Å². The number of Topliss-reactive ketones (excluding diaryl/α,β-unsaturated/α-hetero) is 1. The van der Waals surface area contributed by atoms with Crippen molar-refractivity contribution in [2.75, 3.05) is 11.1 Å². The first kappa shape index (κ1) is 18.8. The number of aromatic nitrogens is 1. The van der Waals surface area contributed by atoms with Crippen LogP contribution in [0.1, 0.15) is 17.5 Å². The number of nitrogen functional groups attached to an aromatic ring is 1. The van der Waals surface area contributed by atoms with Crippen molar-refractivity contribution in [3.63, 3.8) is 0 Å². The molecule has 8 nitrogen and oxygen atoms in total. The van der Waals surface area contributed by atoms with Gasteiger partial charge < -0.3 is 11.1 Å². The summed E-state index contributed by atoms with van der Waals surface area (Å²) >= 11 is 1.15. The topological polar surface area (TPSA) is 139 Å². The van der Waals surface area contributed by atoms with Gasteiger partial charge in [-0.05, 0) is 44.2 Å². The second-order valence-electron chi connectivity index (χ2n) is 5.07. The molecule has 0 bridgehead atoms. The zero-order valence-electron chi connectivity index (χ0n) is 13.3. The summed E-state index contributed by atoms with van der Waals surface area (Å²) in [6, 6.07) is 4.87. The van der Waals surface area contributed by atoms with Crippen molar-refractivity contribution >= 4 is 50.0 Å². The Labute approximate surface area is 148 Å². The van der Waals surface area contributed by atoms with Crippen LogP contribution in [-0.4, -0.2) is 29.6 Å². The van der Waals surface area contributed by atoms with Gasteiger partial charge in [-0.1, -0.05) is 11.3 Å². The van der Waals surface area contributed by atoms with Crippen LogP contribution in [0.3, 0.4) is 0 Å². The van der Waals surface area contributed by atoms with Crippen molar-refractivity contribution in [1.29, 1.82) is 0 Å². The summed E-state index contributed by atoms with van der Waals surface area (Å²) in [4.78, 5) is 28.5. The summed E-state index contributed by atoms with van der Waals surface area (Å²) < 4.78 is 30.9. The Morgan fingerprint density at radius 2 is 1.88 bits per heavy atom. The third kappa shape index (κ3) is 4.72. The Kier molecular flexibility index (Phi) is 5.36. The van der Waals surface area contributed by atoms with E-state index >= 15 is 0 Å². The molecule has 1 aromatic heterocycles. The van der Waals surface area contributed by atoms with Gasteiger partial charge in [0.05, 0.1) is 21.0 Å². The van der Waals surface area contributed by atoms with Crippen LogP contribution in [0.4, 0.5) is 10.8 Å². The molecule has 0 saturated carbocycles. The number of hydrogen-bond acceptors (Lipinski definition) is 7. The van der Waals surface area contributed by atoms with E-state index in [0.29, 0.717) is 15.7 Å². The zero-order valence-corrected chi connectivity index (χ0v) is 14.9. The number of nitrogens with zero attached hydrogens (tertiary/aromatic N) is 1. The monoisotopic (exact) mass is 381 g/mol. The molecule has 0 saturated heterocycles. The van der Waals surface area contributed by atoms with Crippen LogP contribution in [0.2, 0.25) is 0 Å². The van der Waals surface area contributed by atoms with Gasteiger partial charge in [0.2, 0.25) is 0 Å². The first-order valence-electron chi connectivity index (χ1n) is 6.92. The van der Waals surface area contributed by atoms with Crippen LogP contribution >= 0.6 is 11.3 Å². The molecular formula is C15H15N3O5S2. The van der Waals surface area contributed by atoms with Crippen LogP contribution in [0, 0.1) is 6.92 Å². The van der Waals surface area contributed by atoms with Crippen molar-refractivity contribution in [1.82, 2.24) is 4.98 Å². The number of carbonyl (C=O) groups is 2. The van der Waals surface area contributed by atoms with Crippen LogP contribution in [0.15, 0.2) is 34.7 Å². The molecule has 0 radical (unpaired) electrons. The minimum absolute atomic E-state index is 0.0920. The number of aryl methyl sites for hydroxylation is 1. The third-order valence-electron chi connectivity index (χ3n) is 3.16. The molecule has 2 aromatic rings. The van der Waals surface area contributed by atoms with Gasteiger partial charge in [0, 0.05) is 5.69 Å². The summed E-state index contributed by atoms with van der Waals surface area (Å²) in [6.45, 7) is 2.97. The quantitative estimate of drug-likeness (QED) is 0.311. The Bertz CT molecular complexity index is 960. The van der Waals surface area contributed by atoms with Crippen molar-refractivity contribution in [2.24, 2.45) is 0 Å². The molecule has 2 rings (SSSR count). The predicted octanol–water partition coefficient (Wildman–Crippen LogP) is 1.89. The van der Waals surface area contributed by atoms with E-state index in [1.807, 2.05) is 0 Å². The lowest BCUT2D eigenvalue weighted by Crippen LogP contribution is -2.19. The number of benzene rings is 1. The zero-order chi connectivity index (χ0) is 18.8. The smallest absolute Gasteiger partial charge is 0.294 e. The van der Waals surface area contributed by atoms with Crippen LogP contribution in [-0.2, 0) is 19.7 Å². The molecule has 0 aliphatic rings. The van der Waals surface area contributed by atoms with Gasteiger partial charge in [0.15, 0.2) is 10.9 Å². The largest absolute Gasteiger partial charge is 0.375 e. The molecule has 0 unspecified atom stereocenters. The Hall–Kier alpha value is -2.56. The number of carbonyl (C=O) groups excluding carboxylic acids is 2. The fraction of sp³-hybridized carbons (Fsp3) is 0.133. The van der Waals surface area contributed by atoms with Crippen molar-refractivity contribution < 1.29 is 22.6 Å². The molecule has 1 aromatic carbocycles. The highest BCUT2D eigenvalue weighted by Gasteiger charge is 2.17. The summed E-state index contributed by atoms with van der Waals surface area (Å²) in [7, 11) is -4.32. The van der Waals surface area contributed by atoms with E-state index in [1.54, 1.807) is 6.92 Å². The van der Waals surface area contributed by atoms with Gasteiger partial charge in [0.25, 0.3) is 16.0 Å². The molecule has 1 heterocycles. The maximum absolute atomic E-state index is 12.3. The molecule has 0 spiro atoms. The van der Waals surface area contributed by atoms with Crippen LogP contribution < -0.4 is 11.1 Å². The first-order valence-corrected chi connectivity index (χ1v) is 9.18. The average molecular weight is 381 g/mol. The van der Waals surface area contributed by atoms with Gasteiger partial charge >= 0.3 is 0 Å². The Morgan fingerprint density at radius 1 is 1.28 bits per heavy atom. The molecule has 25 heavy (non-hydrogen) atoms. The number of nitrogens with two attached hydrogens (primary N) is 1. The molecule has 4 N–H and O–H groups in total. The van der Waals surface area contributed by atoms with E-state index in [-0.39, 0.29) is 16.2 Å². The lowest BCUT2D eigenvalue weighted by molar-refractivity contribution is -0.118. The summed E-state index contributed by atoms with van der Waals surface area (Å²) in [5, 5.41) is 2.82. The molecule has 0 aliphatic carbocycles. The van der Waals surface area contributed by atoms with E-state index in [4.69, 9.17) is 10.3 Å². The number of rotatable bonds is 5. The van der Waals surface area contributed by atoms with E-state index in [2.05, 4.69) is 10.3 Å². The highest BCUT2D eigenvalue weighted by Crippen LogP contribution is 2.23. The normalized spacial score (nSPS) is 12.0. The lowest BCUT2D eigenvalue weighted by atomic mass is 10.1. The standard InChI is InChI=1S/C15H15N3O5S2/c1-8-13(24-15(16)17-8)7-12(9(2)19)14(20)18-10-3-5-11(6-4-10)25(21,22)23/h3-7H,1-2H3,(H2,16,17)(H,18,20)(H,21,22,23). The van der Waals surface area contributed by atoms with E-state index in [1.165, 1.54) is 25.1 Å². The SMILES string of the molecule is CC(=O)C(=Cc1sc(N)nc1C)C(=O)Nc1ccc(S(=O)(=O)O)cc1. The van der Waals surface area contributed by atoms with E-state index in [9.17, 15) is 18.0 Å². The van der Waals surface area contributed by atoms with Crippen LogP contribution in [0.25, 0.3) is 6.08 Å². The fourth-order valence-electron chi connectivity index (χ4n) is 1.93. The second kappa shape index (κ2) is 7.13. The Morgan fingerprint density at radius 3 is 2.32 bits per heavy atom. The maximum atomic E-state index is 12.3. The number of ketones is 1. The molecule has 0 aliphatic heterocycles. The fourth-order valence-corrected chi connectivity index (χ4v) is 3.19. The second-order valence-corrected chi connectivity index (χ2v) is 7.55. The van der Waals surface area contributed by atoms with Gasteiger partial charge in [-0.25, -0.2) is 4.98 Å². The molecular weight excluding hydrogens is 366 g/mol. The van der Waals surface area contributed by atoms with E-state index < -0.39 is 21.8 Å². The molecule has 132 valence electrons. The minimum Gasteiger partial charge on any atom is -0.375 e. The third-order valence-corrected chi connectivity index (χ3v) is 4.96. The number of amides is 1. The minimum atomic E-state index is -4.32. The first-order chi connectivity index (χ1) is 11.6. The molecule has 0 fully saturated rings. The van der Waals surface area contributed by atoms with Crippen molar-refractivity contribution in [3.05, 3.63) is 40.4 Å². The highest BCUT2D eigenvalue weighted by atomic mass is 32.2. The molecule has 10 heteroatoms. The van der Waals surface area contributed by atoms with Crippen LogP contribution in [0.5, 0.6) is 0 Å². The molecule has 1 amide bonds. The van der Waals surface area contributed by atoms with Gasteiger partial charge in [-0.15, -0.1) is 0 Å². The predicted molar refractivity (Wildman–Crippen MR) is 94.8 cm³/mol. The number of anilines is 2. The van der Waals surface area contributed by atoms with Crippen molar-refractivity contribution in [2.45, 2.75) is 18.7 Å². The number of hydrogen-bond donors (Lipinski definition) is 3. The number of thiazole rings is 1. The molecule has 0 atom stereocenters. The van der Waals surface area contributed by atoms with Gasteiger partial charge in [-0.2, -0.15) is 8.42 Å². The average Bonchev–Trinajstić information content (AvgIpc) is 2.81. The maximum Gasteiger partial charge on any atom is 0.294 e. The number of nitrogens with one attached hydrogen (secondary N) is 1. The summed E-state index contributed by atoms with van der Waals surface area (Å²) in [6.07, 6.45) is 1.41. The lowest BCUT2D eigenvalue weighted by Gasteiger charge is -2.07. The Balaban J connectivity index is 2.27.